The van der Waals surface area contributed by atoms with E-state index < -0.39 is 5.67 Å². The summed E-state index contributed by atoms with van der Waals surface area (Å²) >= 11 is 0. The molecule has 1 N–H and O–H groups in total. The molecule has 0 aliphatic carbocycles. The highest BCUT2D eigenvalue weighted by atomic mass is 19.1. The molecule has 0 saturated heterocycles. The highest BCUT2D eigenvalue weighted by Gasteiger charge is 2.25. The molecule has 0 aliphatic rings. The number of rotatable bonds is 3. The van der Waals surface area contributed by atoms with E-state index in [1.165, 1.54) is 0 Å². The molecule has 0 aliphatic heterocycles. The monoisotopic (exact) mass is 133 g/mol. The molecule has 0 radical (unpaired) electrons. The summed E-state index contributed by atoms with van der Waals surface area (Å²) in [6.45, 7) is 5.83. The predicted octanol–water partition coefficient (Wildman–Crippen LogP) is 1.59. The summed E-state index contributed by atoms with van der Waals surface area (Å²) < 4.78 is 13.2. The number of halogens is 1. The topological polar surface area (TPSA) is 12.0 Å². The zero-order valence-electron chi connectivity index (χ0n) is 6.66. The van der Waals surface area contributed by atoms with Gasteiger partial charge in [-0.3, -0.25) is 0 Å². The Morgan fingerprint density at radius 3 is 2.11 bits per heavy atom. The molecule has 0 amide bonds. The quantitative estimate of drug-likeness (QED) is 0.616. The van der Waals surface area contributed by atoms with E-state index in [9.17, 15) is 4.39 Å². The van der Waals surface area contributed by atoms with Crippen LogP contribution in [-0.4, -0.2) is 19.3 Å². The first kappa shape index (κ1) is 8.89. The van der Waals surface area contributed by atoms with E-state index in [4.69, 9.17) is 0 Å². The SMILES string of the molecule is CNCC(C)(F)C(C)C. The molecule has 2 heteroatoms. The van der Waals surface area contributed by atoms with E-state index in [1.54, 1.807) is 14.0 Å². The minimum Gasteiger partial charge on any atom is -0.317 e. The van der Waals surface area contributed by atoms with Gasteiger partial charge in [0.05, 0.1) is 0 Å². The summed E-state index contributed by atoms with van der Waals surface area (Å²) in [5.41, 5.74) is -1.06. The summed E-state index contributed by atoms with van der Waals surface area (Å²) in [7, 11) is 1.76. The molecule has 0 spiro atoms. The van der Waals surface area contributed by atoms with Crippen LogP contribution in [-0.2, 0) is 0 Å². The van der Waals surface area contributed by atoms with E-state index in [0.717, 1.165) is 0 Å². The highest BCUT2D eigenvalue weighted by molar-refractivity contribution is 4.78. The second kappa shape index (κ2) is 3.16. The van der Waals surface area contributed by atoms with Crippen molar-refractivity contribution in [3.05, 3.63) is 0 Å². The molecule has 1 nitrogen and oxygen atoms in total. The van der Waals surface area contributed by atoms with Gasteiger partial charge in [-0.2, -0.15) is 0 Å². The minimum absolute atomic E-state index is 0.0879. The first-order valence-corrected chi connectivity index (χ1v) is 3.34. The summed E-state index contributed by atoms with van der Waals surface area (Å²) in [6.07, 6.45) is 0. The molecule has 0 aromatic heterocycles. The van der Waals surface area contributed by atoms with Gasteiger partial charge in [0.25, 0.3) is 0 Å². The van der Waals surface area contributed by atoms with Crippen molar-refractivity contribution in [3.63, 3.8) is 0 Å². The Hall–Kier alpha value is -0.110. The number of hydrogen-bond donors (Lipinski definition) is 1. The average Bonchev–Trinajstić information content (AvgIpc) is 1.65. The van der Waals surface area contributed by atoms with Crippen molar-refractivity contribution >= 4 is 0 Å². The Morgan fingerprint density at radius 1 is 1.56 bits per heavy atom. The third kappa shape index (κ3) is 2.80. The molecule has 0 fully saturated rings. The van der Waals surface area contributed by atoms with Crippen LogP contribution in [0.25, 0.3) is 0 Å². The number of alkyl halides is 1. The molecule has 56 valence electrons. The lowest BCUT2D eigenvalue weighted by Gasteiger charge is -2.23. The van der Waals surface area contributed by atoms with E-state index in [0.29, 0.717) is 6.54 Å². The van der Waals surface area contributed by atoms with Crippen molar-refractivity contribution in [2.24, 2.45) is 5.92 Å². The summed E-state index contributed by atoms with van der Waals surface area (Å²) in [4.78, 5) is 0. The van der Waals surface area contributed by atoms with Crippen LogP contribution in [0.2, 0.25) is 0 Å². The van der Waals surface area contributed by atoms with Crippen molar-refractivity contribution in [1.82, 2.24) is 5.32 Å². The molecule has 0 saturated carbocycles. The van der Waals surface area contributed by atoms with E-state index in [1.807, 2.05) is 13.8 Å². The molecule has 0 aromatic carbocycles. The Morgan fingerprint density at radius 2 is 2.00 bits per heavy atom. The fourth-order valence-electron chi connectivity index (χ4n) is 0.550. The van der Waals surface area contributed by atoms with Crippen LogP contribution in [0.1, 0.15) is 20.8 Å². The Bertz CT molecular complexity index is 79.0. The van der Waals surface area contributed by atoms with Gasteiger partial charge in [-0.05, 0) is 19.9 Å². The zero-order chi connectivity index (χ0) is 7.49. The second-order valence-corrected chi connectivity index (χ2v) is 2.96. The summed E-state index contributed by atoms with van der Waals surface area (Å²) in [5, 5.41) is 2.81. The number of hydrogen-bond acceptors (Lipinski definition) is 1. The van der Waals surface area contributed by atoms with Gasteiger partial charge in [-0.25, -0.2) is 4.39 Å². The van der Waals surface area contributed by atoms with Crippen molar-refractivity contribution < 1.29 is 4.39 Å². The molecule has 0 rings (SSSR count). The average molecular weight is 133 g/mol. The van der Waals surface area contributed by atoms with Crippen molar-refractivity contribution in [2.45, 2.75) is 26.4 Å². The molecule has 9 heavy (non-hydrogen) atoms. The van der Waals surface area contributed by atoms with Crippen molar-refractivity contribution in [3.8, 4) is 0 Å². The Balaban J connectivity index is 3.70. The third-order valence-corrected chi connectivity index (χ3v) is 1.73. The molecular weight excluding hydrogens is 117 g/mol. The van der Waals surface area contributed by atoms with Gasteiger partial charge in [0.2, 0.25) is 0 Å². The van der Waals surface area contributed by atoms with E-state index >= 15 is 0 Å². The van der Waals surface area contributed by atoms with Gasteiger partial charge in [0.1, 0.15) is 5.67 Å². The van der Waals surface area contributed by atoms with Crippen LogP contribution in [0.5, 0.6) is 0 Å². The lowest BCUT2D eigenvalue weighted by molar-refractivity contribution is 0.124. The standard InChI is InChI=1S/C7H16FN/c1-6(2)7(3,8)5-9-4/h6,9H,5H2,1-4H3. The van der Waals surface area contributed by atoms with E-state index in [2.05, 4.69) is 5.32 Å². The van der Waals surface area contributed by atoms with Crippen LogP contribution in [0, 0.1) is 5.92 Å². The summed E-state index contributed by atoms with van der Waals surface area (Å²) in [5.74, 6) is 0.0879. The van der Waals surface area contributed by atoms with E-state index in [-0.39, 0.29) is 5.92 Å². The lowest BCUT2D eigenvalue weighted by atomic mass is 9.95. The number of nitrogens with one attached hydrogen (secondary N) is 1. The largest absolute Gasteiger partial charge is 0.317 e. The Kier molecular flexibility index (Phi) is 3.12. The van der Waals surface area contributed by atoms with Crippen molar-refractivity contribution in [2.75, 3.05) is 13.6 Å². The smallest absolute Gasteiger partial charge is 0.122 e. The van der Waals surface area contributed by atoms with Gasteiger partial charge in [-0.1, -0.05) is 13.8 Å². The minimum atomic E-state index is -1.06. The maximum atomic E-state index is 13.2. The first-order valence-electron chi connectivity index (χ1n) is 3.34. The fraction of sp³-hybridized carbons (Fsp3) is 1.00. The highest BCUT2D eigenvalue weighted by Crippen LogP contribution is 2.19. The maximum absolute atomic E-state index is 13.2. The lowest BCUT2D eigenvalue weighted by Crippen LogP contribution is -2.36. The second-order valence-electron chi connectivity index (χ2n) is 2.96. The van der Waals surface area contributed by atoms with Crippen LogP contribution in [0.15, 0.2) is 0 Å². The van der Waals surface area contributed by atoms with Gasteiger partial charge < -0.3 is 5.32 Å². The molecule has 0 bridgehead atoms. The zero-order valence-corrected chi connectivity index (χ0v) is 6.66. The van der Waals surface area contributed by atoms with Crippen LogP contribution >= 0.6 is 0 Å². The van der Waals surface area contributed by atoms with Crippen LogP contribution in [0.4, 0.5) is 4.39 Å². The van der Waals surface area contributed by atoms with Gasteiger partial charge in [0, 0.05) is 6.54 Å². The summed E-state index contributed by atoms with van der Waals surface area (Å²) in [6, 6.07) is 0. The molecule has 1 unspecified atom stereocenters. The van der Waals surface area contributed by atoms with Gasteiger partial charge in [-0.15, -0.1) is 0 Å². The first-order chi connectivity index (χ1) is 4.00. The van der Waals surface area contributed by atoms with Gasteiger partial charge in [0.15, 0.2) is 0 Å². The normalized spacial score (nSPS) is 18.0. The van der Waals surface area contributed by atoms with Crippen LogP contribution in [0.3, 0.4) is 0 Å². The molecule has 1 atom stereocenters. The molecular formula is C7H16FN. The van der Waals surface area contributed by atoms with Gasteiger partial charge >= 0.3 is 0 Å². The van der Waals surface area contributed by atoms with Crippen molar-refractivity contribution in [1.29, 1.82) is 0 Å². The molecule has 0 heterocycles. The fourth-order valence-corrected chi connectivity index (χ4v) is 0.550. The molecule has 0 aromatic rings. The third-order valence-electron chi connectivity index (χ3n) is 1.73. The maximum Gasteiger partial charge on any atom is 0.122 e. The predicted molar refractivity (Wildman–Crippen MR) is 38.3 cm³/mol. The Labute approximate surface area is 56.6 Å². The van der Waals surface area contributed by atoms with Crippen LogP contribution < -0.4 is 5.32 Å².